The molecular weight excluding hydrogens is 250 g/mol. The molecule has 0 saturated heterocycles. The number of anilines is 1. The maximum atomic E-state index is 5.69. The van der Waals surface area contributed by atoms with Gasteiger partial charge in [-0.2, -0.15) is 0 Å². The summed E-state index contributed by atoms with van der Waals surface area (Å²) in [5.41, 5.74) is 5.29. The number of nitrogens with one attached hydrogen (secondary N) is 1. The number of rotatable bonds is 6. The molecule has 0 aliphatic carbocycles. The van der Waals surface area contributed by atoms with Gasteiger partial charge in [0.1, 0.15) is 5.82 Å². The minimum Gasteiger partial charge on any atom is -0.378 e. The van der Waals surface area contributed by atoms with Gasteiger partial charge in [0.15, 0.2) is 0 Å². The van der Waals surface area contributed by atoms with Crippen LogP contribution in [0.4, 0.5) is 5.69 Å². The lowest BCUT2D eigenvalue weighted by molar-refractivity contribution is 0.506. The summed E-state index contributed by atoms with van der Waals surface area (Å²) in [6, 6.07) is 8.61. The van der Waals surface area contributed by atoms with Crippen LogP contribution in [0.2, 0.25) is 0 Å². The van der Waals surface area contributed by atoms with E-state index in [2.05, 4.69) is 39.6 Å². The minimum atomic E-state index is 0.142. The molecule has 0 radical (unpaired) electrons. The van der Waals surface area contributed by atoms with Crippen molar-refractivity contribution in [3.8, 4) is 0 Å². The van der Waals surface area contributed by atoms with Crippen LogP contribution in [-0.2, 0) is 13.5 Å². The zero-order valence-electron chi connectivity index (χ0n) is 12.4. The van der Waals surface area contributed by atoms with Gasteiger partial charge in [0.05, 0.1) is 0 Å². The minimum absolute atomic E-state index is 0.142. The second kappa shape index (κ2) is 6.54. The van der Waals surface area contributed by atoms with Gasteiger partial charge in [-0.3, -0.25) is 11.3 Å². The number of hydrogen-bond donors (Lipinski definition) is 2. The largest absolute Gasteiger partial charge is 0.378 e. The highest BCUT2D eigenvalue weighted by Crippen LogP contribution is 2.21. The van der Waals surface area contributed by atoms with Crippen molar-refractivity contribution in [2.24, 2.45) is 12.9 Å². The van der Waals surface area contributed by atoms with E-state index < -0.39 is 0 Å². The van der Waals surface area contributed by atoms with Crippen molar-refractivity contribution in [1.29, 1.82) is 0 Å². The number of nitrogens with zero attached hydrogens (tertiary/aromatic N) is 3. The molecule has 0 bridgehead atoms. The molecule has 1 aromatic carbocycles. The van der Waals surface area contributed by atoms with Gasteiger partial charge in [0.2, 0.25) is 0 Å². The Bertz CT molecular complexity index is 529. The molecule has 0 fully saturated rings. The summed E-state index contributed by atoms with van der Waals surface area (Å²) < 4.78 is 2.04. The van der Waals surface area contributed by atoms with E-state index >= 15 is 0 Å². The molecule has 0 saturated carbocycles. The van der Waals surface area contributed by atoms with Crippen LogP contribution in [0.3, 0.4) is 0 Å². The average Bonchev–Trinajstić information content (AvgIpc) is 2.85. The molecule has 3 N–H and O–H groups in total. The molecule has 2 aromatic rings. The van der Waals surface area contributed by atoms with Gasteiger partial charge < -0.3 is 9.47 Å². The average molecular weight is 273 g/mol. The first kappa shape index (κ1) is 14.6. The Balaban J connectivity index is 2.02. The molecule has 1 unspecified atom stereocenters. The quantitative estimate of drug-likeness (QED) is 0.620. The van der Waals surface area contributed by atoms with E-state index in [1.807, 2.05) is 38.1 Å². The molecule has 20 heavy (non-hydrogen) atoms. The molecule has 1 heterocycles. The molecule has 5 heteroatoms. The number of aromatic nitrogens is 2. The molecule has 1 atom stereocenters. The van der Waals surface area contributed by atoms with E-state index in [-0.39, 0.29) is 6.04 Å². The van der Waals surface area contributed by atoms with Crippen LogP contribution in [0.15, 0.2) is 36.7 Å². The van der Waals surface area contributed by atoms with Crippen molar-refractivity contribution in [2.45, 2.75) is 18.9 Å². The van der Waals surface area contributed by atoms with Crippen LogP contribution in [0.5, 0.6) is 0 Å². The van der Waals surface area contributed by atoms with E-state index in [9.17, 15) is 0 Å². The smallest absolute Gasteiger partial charge is 0.108 e. The molecule has 1 aromatic heterocycles. The van der Waals surface area contributed by atoms with Crippen LogP contribution in [0.1, 0.15) is 23.9 Å². The molecular formula is C15H23N5. The van der Waals surface area contributed by atoms with Crippen molar-refractivity contribution < 1.29 is 0 Å². The van der Waals surface area contributed by atoms with Gasteiger partial charge in [0.25, 0.3) is 0 Å². The van der Waals surface area contributed by atoms with Gasteiger partial charge in [-0.1, -0.05) is 12.1 Å². The summed E-state index contributed by atoms with van der Waals surface area (Å²) in [5.74, 6) is 6.77. The SMILES string of the molecule is CN(C)c1ccc(C(CCc2nccn2C)NN)cc1. The topological polar surface area (TPSA) is 59.1 Å². The molecule has 2 rings (SSSR count). The van der Waals surface area contributed by atoms with E-state index in [1.165, 1.54) is 11.3 Å². The molecule has 5 nitrogen and oxygen atoms in total. The summed E-state index contributed by atoms with van der Waals surface area (Å²) in [6.45, 7) is 0. The monoisotopic (exact) mass is 273 g/mol. The van der Waals surface area contributed by atoms with Crippen LogP contribution in [-0.4, -0.2) is 23.6 Å². The number of hydrogen-bond acceptors (Lipinski definition) is 4. The molecule has 0 aliphatic heterocycles. The second-order valence-electron chi connectivity index (χ2n) is 5.20. The molecule has 0 amide bonds. The lowest BCUT2D eigenvalue weighted by Gasteiger charge is -2.18. The standard InChI is InChI=1S/C15H23N5/c1-19(2)13-6-4-12(5-7-13)14(18-16)8-9-15-17-10-11-20(15)3/h4-7,10-11,14,18H,8-9,16H2,1-3H3. The van der Waals surface area contributed by atoms with Crippen molar-refractivity contribution in [2.75, 3.05) is 19.0 Å². The highest BCUT2D eigenvalue weighted by atomic mass is 15.2. The number of nitrogens with two attached hydrogens (primary N) is 1. The maximum Gasteiger partial charge on any atom is 0.108 e. The lowest BCUT2D eigenvalue weighted by atomic mass is 10.0. The van der Waals surface area contributed by atoms with Crippen molar-refractivity contribution >= 4 is 5.69 Å². The van der Waals surface area contributed by atoms with Crippen molar-refractivity contribution in [3.05, 3.63) is 48.0 Å². The maximum absolute atomic E-state index is 5.69. The third kappa shape index (κ3) is 3.37. The van der Waals surface area contributed by atoms with E-state index in [1.54, 1.807) is 0 Å². The van der Waals surface area contributed by atoms with Crippen molar-refractivity contribution in [1.82, 2.24) is 15.0 Å². The van der Waals surface area contributed by atoms with Crippen LogP contribution in [0, 0.1) is 0 Å². The zero-order valence-corrected chi connectivity index (χ0v) is 12.4. The Labute approximate surface area is 120 Å². The first-order valence-electron chi connectivity index (χ1n) is 6.81. The van der Waals surface area contributed by atoms with Gasteiger partial charge in [0, 0.05) is 51.7 Å². The predicted molar refractivity (Wildman–Crippen MR) is 82.4 cm³/mol. The zero-order chi connectivity index (χ0) is 14.5. The van der Waals surface area contributed by atoms with Crippen molar-refractivity contribution in [3.63, 3.8) is 0 Å². The highest BCUT2D eigenvalue weighted by molar-refractivity contribution is 5.46. The lowest BCUT2D eigenvalue weighted by Crippen LogP contribution is -2.28. The van der Waals surface area contributed by atoms with Gasteiger partial charge in [-0.25, -0.2) is 4.98 Å². The Morgan fingerprint density at radius 1 is 1.30 bits per heavy atom. The fraction of sp³-hybridized carbons (Fsp3) is 0.400. The number of benzene rings is 1. The van der Waals surface area contributed by atoms with Crippen LogP contribution in [0.25, 0.3) is 0 Å². The predicted octanol–water partition coefficient (Wildman–Crippen LogP) is 1.62. The van der Waals surface area contributed by atoms with Crippen LogP contribution < -0.4 is 16.2 Å². The Hall–Kier alpha value is -1.85. The number of hydrazine groups is 1. The second-order valence-corrected chi connectivity index (χ2v) is 5.20. The highest BCUT2D eigenvalue weighted by Gasteiger charge is 2.11. The number of imidazole rings is 1. The van der Waals surface area contributed by atoms with Gasteiger partial charge in [-0.15, -0.1) is 0 Å². The molecule has 0 spiro atoms. The first-order chi connectivity index (χ1) is 9.61. The fourth-order valence-corrected chi connectivity index (χ4v) is 2.26. The van der Waals surface area contributed by atoms with E-state index in [4.69, 9.17) is 5.84 Å². The van der Waals surface area contributed by atoms with E-state index in [0.29, 0.717) is 0 Å². The van der Waals surface area contributed by atoms with Gasteiger partial charge in [-0.05, 0) is 24.1 Å². The summed E-state index contributed by atoms with van der Waals surface area (Å²) >= 11 is 0. The van der Waals surface area contributed by atoms with Gasteiger partial charge >= 0.3 is 0 Å². The molecule has 0 aliphatic rings. The first-order valence-corrected chi connectivity index (χ1v) is 6.81. The summed E-state index contributed by atoms with van der Waals surface area (Å²) in [5, 5.41) is 0. The normalized spacial score (nSPS) is 12.4. The number of aryl methyl sites for hydroxylation is 2. The third-order valence-corrected chi connectivity index (χ3v) is 3.59. The summed E-state index contributed by atoms with van der Waals surface area (Å²) in [7, 11) is 6.09. The summed E-state index contributed by atoms with van der Waals surface area (Å²) in [4.78, 5) is 6.43. The Morgan fingerprint density at radius 2 is 2.00 bits per heavy atom. The molecule has 108 valence electrons. The third-order valence-electron chi connectivity index (χ3n) is 3.59. The Morgan fingerprint density at radius 3 is 2.50 bits per heavy atom. The Kier molecular flexibility index (Phi) is 4.76. The van der Waals surface area contributed by atoms with E-state index in [0.717, 1.165) is 18.7 Å². The summed E-state index contributed by atoms with van der Waals surface area (Å²) in [6.07, 6.45) is 5.61. The fourth-order valence-electron chi connectivity index (χ4n) is 2.26. The van der Waals surface area contributed by atoms with Crippen LogP contribution >= 0.6 is 0 Å².